The summed E-state index contributed by atoms with van der Waals surface area (Å²) < 4.78 is 5.05. The SMILES string of the molecule is Cc1cc(CNC(=O)NC2CCCC(C)C2C)on1. The Balaban J connectivity index is 1.77. The van der Waals surface area contributed by atoms with Gasteiger partial charge in [0.05, 0.1) is 12.2 Å². The Labute approximate surface area is 114 Å². The summed E-state index contributed by atoms with van der Waals surface area (Å²) in [5.74, 6) is 1.89. The summed E-state index contributed by atoms with van der Waals surface area (Å²) in [6, 6.07) is 1.98. The Morgan fingerprint density at radius 2 is 2.26 bits per heavy atom. The van der Waals surface area contributed by atoms with Gasteiger partial charge >= 0.3 is 6.03 Å². The van der Waals surface area contributed by atoms with E-state index in [2.05, 4.69) is 29.6 Å². The highest BCUT2D eigenvalue weighted by Gasteiger charge is 2.27. The summed E-state index contributed by atoms with van der Waals surface area (Å²) >= 11 is 0. The molecule has 3 atom stereocenters. The van der Waals surface area contributed by atoms with Gasteiger partial charge in [-0.25, -0.2) is 4.79 Å². The van der Waals surface area contributed by atoms with Crippen molar-refractivity contribution in [1.82, 2.24) is 15.8 Å². The molecule has 5 heteroatoms. The molecule has 1 aromatic heterocycles. The third-order valence-electron chi connectivity index (χ3n) is 4.12. The van der Waals surface area contributed by atoms with Crippen LogP contribution in [0.3, 0.4) is 0 Å². The highest BCUT2D eigenvalue weighted by molar-refractivity contribution is 5.74. The van der Waals surface area contributed by atoms with E-state index in [9.17, 15) is 4.79 Å². The number of aryl methyl sites for hydroxylation is 1. The molecule has 0 spiro atoms. The molecule has 0 radical (unpaired) electrons. The number of carbonyl (C=O) groups excluding carboxylic acids is 1. The second-order valence-electron chi connectivity index (χ2n) is 5.64. The molecule has 5 nitrogen and oxygen atoms in total. The van der Waals surface area contributed by atoms with Crippen LogP contribution in [0.15, 0.2) is 10.6 Å². The number of hydrogen-bond acceptors (Lipinski definition) is 3. The molecule has 0 bridgehead atoms. The zero-order valence-electron chi connectivity index (χ0n) is 11.9. The van der Waals surface area contributed by atoms with E-state index in [0.717, 1.165) is 12.1 Å². The number of amides is 2. The summed E-state index contributed by atoms with van der Waals surface area (Å²) in [4.78, 5) is 11.9. The van der Waals surface area contributed by atoms with Crippen molar-refractivity contribution in [3.63, 3.8) is 0 Å². The smallest absolute Gasteiger partial charge is 0.315 e. The molecule has 1 fully saturated rings. The highest BCUT2D eigenvalue weighted by atomic mass is 16.5. The second-order valence-corrected chi connectivity index (χ2v) is 5.64. The number of urea groups is 1. The van der Waals surface area contributed by atoms with E-state index in [1.165, 1.54) is 12.8 Å². The molecule has 1 saturated carbocycles. The minimum absolute atomic E-state index is 0.125. The maximum absolute atomic E-state index is 11.9. The Morgan fingerprint density at radius 1 is 1.47 bits per heavy atom. The Morgan fingerprint density at radius 3 is 2.95 bits per heavy atom. The van der Waals surface area contributed by atoms with Crippen molar-refractivity contribution >= 4 is 6.03 Å². The summed E-state index contributed by atoms with van der Waals surface area (Å²) in [6.07, 6.45) is 3.52. The van der Waals surface area contributed by atoms with Crippen molar-refractivity contribution in [2.24, 2.45) is 11.8 Å². The monoisotopic (exact) mass is 265 g/mol. The highest BCUT2D eigenvalue weighted by Crippen LogP contribution is 2.29. The minimum atomic E-state index is -0.125. The summed E-state index contributed by atoms with van der Waals surface area (Å²) in [5, 5.41) is 9.66. The van der Waals surface area contributed by atoms with Gasteiger partial charge in [-0.2, -0.15) is 0 Å². The first-order valence-electron chi connectivity index (χ1n) is 7.03. The first-order chi connectivity index (χ1) is 9.06. The Kier molecular flexibility index (Phi) is 4.45. The van der Waals surface area contributed by atoms with Gasteiger partial charge in [0.25, 0.3) is 0 Å². The van der Waals surface area contributed by atoms with Gasteiger partial charge in [-0.05, 0) is 25.2 Å². The van der Waals surface area contributed by atoms with Gasteiger partial charge in [0, 0.05) is 12.1 Å². The summed E-state index contributed by atoms with van der Waals surface area (Å²) in [5.41, 5.74) is 0.826. The molecule has 1 aliphatic rings. The van der Waals surface area contributed by atoms with Crippen molar-refractivity contribution in [3.8, 4) is 0 Å². The van der Waals surface area contributed by atoms with Crippen molar-refractivity contribution in [3.05, 3.63) is 17.5 Å². The fourth-order valence-corrected chi connectivity index (χ4v) is 2.67. The van der Waals surface area contributed by atoms with Gasteiger partial charge < -0.3 is 15.2 Å². The van der Waals surface area contributed by atoms with Crippen LogP contribution in [0.2, 0.25) is 0 Å². The minimum Gasteiger partial charge on any atom is -0.359 e. The van der Waals surface area contributed by atoms with Crippen LogP contribution >= 0.6 is 0 Å². The lowest BCUT2D eigenvalue weighted by Crippen LogP contribution is -2.47. The van der Waals surface area contributed by atoms with E-state index in [4.69, 9.17) is 4.52 Å². The predicted octanol–water partition coefficient (Wildman–Crippen LogP) is 2.61. The summed E-state index contributed by atoms with van der Waals surface area (Å²) in [6.45, 7) is 6.71. The van der Waals surface area contributed by atoms with Gasteiger partial charge in [-0.1, -0.05) is 31.8 Å². The van der Waals surface area contributed by atoms with Crippen LogP contribution in [0, 0.1) is 18.8 Å². The average Bonchev–Trinajstić information content (AvgIpc) is 2.78. The molecule has 2 rings (SSSR count). The van der Waals surface area contributed by atoms with E-state index >= 15 is 0 Å². The molecule has 1 aromatic rings. The van der Waals surface area contributed by atoms with Crippen LogP contribution in [-0.2, 0) is 6.54 Å². The second kappa shape index (κ2) is 6.08. The molecule has 0 saturated heterocycles. The van der Waals surface area contributed by atoms with Crippen LogP contribution < -0.4 is 10.6 Å². The average molecular weight is 265 g/mol. The normalized spacial score (nSPS) is 27.0. The number of nitrogens with zero attached hydrogens (tertiary/aromatic N) is 1. The fourth-order valence-electron chi connectivity index (χ4n) is 2.67. The van der Waals surface area contributed by atoms with Crippen LogP contribution in [-0.4, -0.2) is 17.2 Å². The molecule has 3 unspecified atom stereocenters. The fraction of sp³-hybridized carbons (Fsp3) is 0.714. The Hall–Kier alpha value is -1.52. The third kappa shape index (κ3) is 3.72. The van der Waals surface area contributed by atoms with Crippen molar-refractivity contribution in [2.45, 2.75) is 52.6 Å². The lowest BCUT2D eigenvalue weighted by molar-refractivity contribution is 0.194. The predicted molar refractivity (Wildman–Crippen MR) is 72.6 cm³/mol. The lowest BCUT2D eigenvalue weighted by Gasteiger charge is -2.34. The maximum atomic E-state index is 11.9. The Bertz CT molecular complexity index is 430. The van der Waals surface area contributed by atoms with Crippen LogP contribution in [0.25, 0.3) is 0 Å². The first-order valence-corrected chi connectivity index (χ1v) is 7.03. The van der Waals surface area contributed by atoms with Gasteiger partial charge in [-0.3, -0.25) is 0 Å². The van der Waals surface area contributed by atoms with Gasteiger partial charge in [-0.15, -0.1) is 0 Å². The first kappa shape index (κ1) is 13.9. The van der Waals surface area contributed by atoms with Crippen LogP contribution in [0.5, 0.6) is 0 Å². The maximum Gasteiger partial charge on any atom is 0.315 e. The van der Waals surface area contributed by atoms with Crippen molar-refractivity contribution in [1.29, 1.82) is 0 Å². The number of rotatable bonds is 3. The van der Waals surface area contributed by atoms with Crippen LogP contribution in [0.1, 0.15) is 44.6 Å². The standard InChI is InChI=1S/C14H23N3O2/c1-9-5-4-6-13(11(9)3)16-14(18)15-8-12-7-10(2)17-19-12/h7,9,11,13H,4-6,8H2,1-3H3,(H2,15,16,18). The van der Waals surface area contributed by atoms with Gasteiger partial charge in [0.15, 0.2) is 5.76 Å². The molecule has 106 valence electrons. The van der Waals surface area contributed by atoms with E-state index in [-0.39, 0.29) is 12.1 Å². The quantitative estimate of drug-likeness (QED) is 0.882. The molecule has 19 heavy (non-hydrogen) atoms. The zero-order chi connectivity index (χ0) is 13.8. The molecule has 1 heterocycles. The van der Waals surface area contributed by atoms with Gasteiger partial charge in [0.2, 0.25) is 0 Å². The van der Waals surface area contributed by atoms with E-state index in [1.807, 2.05) is 13.0 Å². The van der Waals surface area contributed by atoms with E-state index in [1.54, 1.807) is 0 Å². The third-order valence-corrected chi connectivity index (χ3v) is 4.12. The number of hydrogen-bond donors (Lipinski definition) is 2. The number of aromatic nitrogens is 1. The van der Waals surface area contributed by atoms with Crippen molar-refractivity contribution < 1.29 is 9.32 Å². The molecule has 0 aliphatic heterocycles. The molecular weight excluding hydrogens is 242 g/mol. The van der Waals surface area contributed by atoms with Crippen molar-refractivity contribution in [2.75, 3.05) is 0 Å². The van der Waals surface area contributed by atoms with Crippen LogP contribution in [0.4, 0.5) is 4.79 Å². The molecule has 0 aromatic carbocycles. The number of carbonyl (C=O) groups is 1. The van der Waals surface area contributed by atoms with E-state index < -0.39 is 0 Å². The molecule has 2 amide bonds. The number of nitrogens with one attached hydrogen (secondary N) is 2. The topological polar surface area (TPSA) is 67.2 Å². The zero-order valence-corrected chi connectivity index (χ0v) is 11.9. The largest absolute Gasteiger partial charge is 0.359 e. The lowest BCUT2D eigenvalue weighted by atomic mass is 9.78. The molecular formula is C14H23N3O2. The van der Waals surface area contributed by atoms with E-state index in [0.29, 0.717) is 24.1 Å². The molecule has 1 aliphatic carbocycles. The summed E-state index contributed by atoms with van der Waals surface area (Å²) in [7, 11) is 0. The van der Waals surface area contributed by atoms with Gasteiger partial charge in [0.1, 0.15) is 0 Å². The molecule has 2 N–H and O–H groups in total.